The largest absolute Gasteiger partial charge is 0.490 e. The predicted molar refractivity (Wildman–Crippen MR) is 125 cm³/mol. The first-order chi connectivity index (χ1) is 16.1. The van der Waals surface area contributed by atoms with E-state index in [-0.39, 0.29) is 24.0 Å². The van der Waals surface area contributed by atoms with Gasteiger partial charge < -0.3 is 19.5 Å². The van der Waals surface area contributed by atoms with Crippen molar-refractivity contribution in [3.63, 3.8) is 0 Å². The van der Waals surface area contributed by atoms with Crippen molar-refractivity contribution in [2.75, 3.05) is 13.1 Å². The van der Waals surface area contributed by atoms with E-state index in [2.05, 4.69) is 0 Å². The number of ether oxygens (including phenoxy) is 2. The van der Waals surface area contributed by atoms with Gasteiger partial charge >= 0.3 is 5.97 Å². The average Bonchev–Trinajstić information content (AvgIpc) is 2.85. The monoisotopic (exact) mass is 445 g/mol. The van der Waals surface area contributed by atoms with Crippen LogP contribution in [-0.4, -0.2) is 41.1 Å². The Morgan fingerprint density at radius 3 is 2.18 bits per heavy atom. The maximum Gasteiger partial charge on any atom is 0.335 e. The number of rotatable bonds is 8. The highest BCUT2D eigenvalue weighted by Gasteiger charge is 2.25. The van der Waals surface area contributed by atoms with Crippen LogP contribution in [0, 0.1) is 0 Å². The minimum atomic E-state index is -1.01. The van der Waals surface area contributed by atoms with Crippen molar-refractivity contribution in [2.24, 2.45) is 0 Å². The molecular formula is C27H27NO5. The van der Waals surface area contributed by atoms with Gasteiger partial charge in [0.05, 0.1) is 12.0 Å². The number of carbonyl (C=O) groups excluding carboxylic acids is 1. The number of carboxylic acid groups (broad SMARTS) is 1. The van der Waals surface area contributed by atoms with Crippen LogP contribution in [0.2, 0.25) is 0 Å². The first-order valence-electron chi connectivity index (χ1n) is 11.1. The summed E-state index contributed by atoms with van der Waals surface area (Å²) in [6.07, 6.45) is 1.60. The van der Waals surface area contributed by atoms with Crippen LogP contribution in [0.25, 0.3) is 0 Å². The molecule has 0 atom stereocenters. The molecule has 6 heteroatoms. The summed E-state index contributed by atoms with van der Waals surface area (Å²) >= 11 is 0. The molecule has 0 bridgehead atoms. The molecule has 33 heavy (non-hydrogen) atoms. The molecule has 3 aromatic rings. The van der Waals surface area contributed by atoms with Gasteiger partial charge in [-0.2, -0.15) is 0 Å². The summed E-state index contributed by atoms with van der Waals surface area (Å²) in [5.74, 6) is 0.500. The molecule has 1 aliphatic rings. The Hall–Kier alpha value is -3.80. The quantitative estimate of drug-likeness (QED) is 0.549. The number of benzene rings is 3. The van der Waals surface area contributed by atoms with E-state index >= 15 is 0 Å². The minimum Gasteiger partial charge on any atom is -0.490 e. The van der Waals surface area contributed by atoms with Crippen molar-refractivity contribution in [1.82, 2.24) is 4.90 Å². The van der Waals surface area contributed by atoms with Crippen LogP contribution in [0.15, 0.2) is 78.9 Å². The summed E-state index contributed by atoms with van der Waals surface area (Å²) in [5.41, 5.74) is 1.84. The van der Waals surface area contributed by atoms with Gasteiger partial charge in [-0.05, 0) is 41.5 Å². The fourth-order valence-corrected chi connectivity index (χ4v) is 3.93. The maximum atomic E-state index is 12.7. The Balaban J connectivity index is 1.24. The van der Waals surface area contributed by atoms with Gasteiger partial charge in [0.2, 0.25) is 5.91 Å². The van der Waals surface area contributed by atoms with Crippen LogP contribution >= 0.6 is 0 Å². The molecule has 170 valence electrons. The fourth-order valence-electron chi connectivity index (χ4n) is 3.93. The summed E-state index contributed by atoms with van der Waals surface area (Å²) in [6, 6.07) is 24.3. The molecule has 3 aromatic carbocycles. The zero-order valence-corrected chi connectivity index (χ0v) is 18.4. The summed E-state index contributed by atoms with van der Waals surface area (Å²) in [6.45, 7) is 1.71. The Morgan fingerprint density at radius 1 is 0.848 bits per heavy atom. The third-order valence-electron chi connectivity index (χ3n) is 5.76. The van der Waals surface area contributed by atoms with E-state index in [0.29, 0.717) is 25.3 Å². The molecule has 1 aliphatic heterocycles. The van der Waals surface area contributed by atoms with Crippen molar-refractivity contribution in [3.8, 4) is 11.5 Å². The van der Waals surface area contributed by atoms with Gasteiger partial charge in [-0.25, -0.2) is 4.79 Å². The number of piperidine rings is 1. The molecule has 1 fully saturated rings. The normalized spacial score (nSPS) is 14.0. The lowest BCUT2D eigenvalue weighted by atomic mass is 10.0. The Bertz CT molecular complexity index is 1070. The lowest BCUT2D eigenvalue weighted by Gasteiger charge is -2.32. The molecular weight excluding hydrogens is 418 g/mol. The van der Waals surface area contributed by atoms with Gasteiger partial charge in [0.25, 0.3) is 0 Å². The Kier molecular flexibility index (Phi) is 7.25. The second-order valence-corrected chi connectivity index (χ2v) is 8.08. The summed E-state index contributed by atoms with van der Waals surface area (Å²) in [4.78, 5) is 25.8. The summed E-state index contributed by atoms with van der Waals surface area (Å²) in [7, 11) is 0. The van der Waals surface area contributed by atoms with Crippen molar-refractivity contribution in [3.05, 3.63) is 95.6 Å². The first-order valence-corrected chi connectivity index (χ1v) is 11.1. The average molecular weight is 446 g/mol. The van der Waals surface area contributed by atoms with Gasteiger partial charge in [-0.1, -0.05) is 48.5 Å². The highest BCUT2D eigenvalue weighted by atomic mass is 16.5. The lowest BCUT2D eigenvalue weighted by Crippen LogP contribution is -2.42. The number of amides is 1. The van der Waals surface area contributed by atoms with Crippen molar-refractivity contribution in [2.45, 2.75) is 32.0 Å². The summed E-state index contributed by atoms with van der Waals surface area (Å²) < 4.78 is 11.9. The van der Waals surface area contributed by atoms with Crippen LogP contribution in [0.4, 0.5) is 0 Å². The van der Waals surface area contributed by atoms with Crippen LogP contribution in [0.5, 0.6) is 11.5 Å². The third-order valence-corrected chi connectivity index (χ3v) is 5.76. The number of hydrogen-bond donors (Lipinski definition) is 1. The van der Waals surface area contributed by atoms with Gasteiger partial charge in [0.15, 0.2) is 0 Å². The van der Waals surface area contributed by atoms with Gasteiger partial charge in [0, 0.05) is 25.9 Å². The smallest absolute Gasteiger partial charge is 0.335 e. The molecule has 1 N–H and O–H groups in total. The number of nitrogens with zero attached hydrogens (tertiary/aromatic N) is 1. The second-order valence-electron chi connectivity index (χ2n) is 8.08. The van der Waals surface area contributed by atoms with E-state index in [4.69, 9.17) is 9.47 Å². The SMILES string of the molecule is O=C(O)c1ccccc1CC(=O)N1CCC(Oc2ccc(OCc3ccccc3)cc2)CC1. The molecule has 0 saturated carbocycles. The van der Waals surface area contributed by atoms with Gasteiger partial charge in [-0.15, -0.1) is 0 Å². The number of carboxylic acids is 1. The molecule has 0 radical (unpaired) electrons. The highest BCUT2D eigenvalue weighted by Crippen LogP contribution is 2.23. The molecule has 1 heterocycles. The maximum absolute atomic E-state index is 12.7. The van der Waals surface area contributed by atoms with E-state index in [0.717, 1.165) is 29.9 Å². The van der Waals surface area contributed by atoms with Crippen molar-refractivity contribution < 1.29 is 24.2 Å². The highest BCUT2D eigenvalue weighted by molar-refractivity contribution is 5.91. The summed E-state index contributed by atoms with van der Waals surface area (Å²) in [5, 5.41) is 9.31. The molecule has 0 aromatic heterocycles. The predicted octanol–water partition coefficient (Wildman–Crippen LogP) is 4.58. The zero-order valence-electron chi connectivity index (χ0n) is 18.4. The van der Waals surface area contributed by atoms with Crippen LogP contribution in [0.3, 0.4) is 0 Å². The van der Waals surface area contributed by atoms with Crippen molar-refractivity contribution in [1.29, 1.82) is 0 Å². The molecule has 1 amide bonds. The van der Waals surface area contributed by atoms with Crippen LogP contribution in [-0.2, 0) is 17.8 Å². The fraction of sp³-hybridized carbons (Fsp3) is 0.259. The van der Waals surface area contributed by atoms with E-state index < -0.39 is 5.97 Å². The Morgan fingerprint density at radius 2 is 1.48 bits per heavy atom. The van der Waals surface area contributed by atoms with Gasteiger partial charge in [-0.3, -0.25) is 4.79 Å². The number of carbonyl (C=O) groups is 2. The minimum absolute atomic E-state index is 0.0384. The first kappa shape index (κ1) is 22.4. The molecule has 0 spiro atoms. The van der Waals surface area contributed by atoms with Gasteiger partial charge in [0.1, 0.15) is 24.2 Å². The second kappa shape index (κ2) is 10.7. The number of aromatic carboxylic acids is 1. The van der Waals surface area contributed by atoms with E-state index in [1.165, 1.54) is 6.07 Å². The third kappa shape index (κ3) is 6.13. The lowest BCUT2D eigenvalue weighted by molar-refractivity contribution is -0.132. The zero-order chi connectivity index (χ0) is 23.0. The topological polar surface area (TPSA) is 76.1 Å². The molecule has 4 rings (SSSR count). The number of likely N-dealkylation sites (tertiary alicyclic amines) is 1. The Labute approximate surface area is 193 Å². The standard InChI is InChI=1S/C27H27NO5/c29-26(18-21-8-4-5-9-25(21)27(30)31)28-16-14-24(15-17-28)33-23-12-10-22(11-13-23)32-19-20-6-2-1-3-7-20/h1-13,24H,14-19H2,(H,30,31). The van der Waals surface area contributed by atoms with E-state index in [1.54, 1.807) is 23.1 Å². The molecule has 1 saturated heterocycles. The van der Waals surface area contributed by atoms with Crippen LogP contribution in [0.1, 0.15) is 34.3 Å². The van der Waals surface area contributed by atoms with E-state index in [9.17, 15) is 14.7 Å². The molecule has 0 unspecified atom stereocenters. The van der Waals surface area contributed by atoms with E-state index in [1.807, 2.05) is 54.6 Å². The van der Waals surface area contributed by atoms with Crippen molar-refractivity contribution >= 4 is 11.9 Å². The number of hydrogen-bond acceptors (Lipinski definition) is 4. The van der Waals surface area contributed by atoms with Crippen LogP contribution < -0.4 is 9.47 Å². The molecule has 0 aliphatic carbocycles. The molecule has 6 nitrogen and oxygen atoms in total.